The molecule has 4 aliphatic heterocycles. The summed E-state index contributed by atoms with van der Waals surface area (Å²) in [6.07, 6.45) is 1.79. The van der Waals surface area contributed by atoms with Crippen LogP contribution in [0.4, 0.5) is 32.8 Å². The van der Waals surface area contributed by atoms with E-state index in [-0.39, 0.29) is 64.8 Å². The van der Waals surface area contributed by atoms with Crippen LogP contribution in [0.15, 0.2) is 292 Å². The van der Waals surface area contributed by atoms with Crippen LogP contribution in [-0.2, 0) is 49.7 Å². The molecule has 5 amide bonds. The van der Waals surface area contributed by atoms with E-state index in [2.05, 4.69) is 88.3 Å². The number of nitrogens with zero attached hydrogens (tertiary/aromatic N) is 4. The summed E-state index contributed by atoms with van der Waals surface area (Å²) in [7, 11) is 0. The Hall–Kier alpha value is -13.2. The zero-order valence-electron chi connectivity index (χ0n) is 67.2. The maximum absolute atomic E-state index is 14.3. The van der Waals surface area contributed by atoms with Crippen LogP contribution in [0.3, 0.4) is 0 Å². The Bertz CT molecular complexity index is 6700. The first-order chi connectivity index (χ1) is 61.2. The zero-order chi connectivity index (χ0) is 88.8. The van der Waals surface area contributed by atoms with Gasteiger partial charge in [0.05, 0.1) is 78.7 Å². The van der Waals surface area contributed by atoms with Crippen molar-refractivity contribution >= 4 is 204 Å². The van der Waals surface area contributed by atoms with Crippen LogP contribution in [0.5, 0.6) is 0 Å². The molecule has 0 spiro atoms. The minimum Gasteiger partial charge on any atom is -0.326 e. The van der Waals surface area contributed by atoms with Crippen molar-refractivity contribution in [1.82, 2.24) is 29.9 Å². The molecule has 12 aromatic carbocycles. The number of rotatable bonds is 15. The molecule has 0 saturated heterocycles. The van der Waals surface area contributed by atoms with Crippen LogP contribution in [-0.4, -0.2) is 106 Å². The van der Waals surface area contributed by atoms with E-state index in [1.54, 1.807) is 109 Å². The summed E-state index contributed by atoms with van der Waals surface area (Å²) in [5, 5.41) is 17.5. The first-order valence-electron chi connectivity index (χ1n) is 40.0. The number of aromatic amines is 6. The SMILES string of the molecule is CC(C)CC(=O)Nc1ccc(C2=NC(Cc3ccccc3Br)C(=O)Nc3ccc(Cl)cc32)cc1.O=C1Nc2ccc(Cl)cc2C(c2ccc3[nH]c(=O)[nH]c3c2)=NC1Cc1ccccc1Br.O=C1Nc2ccc(Cl)cc2C(c2ccc3[nH]c(=O)[nH]c3c2)=NC1Cc1ccccc1Cl.O=C1Nc2ccc(Cl)cc2C(c2ccc3[nH]c(=O)[nH]c3c2)=NC1Cc1ccccc1F. The smallest absolute Gasteiger partial charge is 0.323 e. The van der Waals surface area contributed by atoms with Crippen LogP contribution < -0.4 is 43.7 Å². The molecule has 31 heteroatoms. The highest BCUT2D eigenvalue weighted by molar-refractivity contribution is 9.10. The highest BCUT2D eigenvalue weighted by Crippen LogP contribution is 2.36. The lowest BCUT2D eigenvalue weighted by molar-refractivity contribution is -0.118. The Labute approximate surface area is 765 Å². The Kier molecular flexibility index (Phi) is 26.4. The normalized spacial score (nSPS) is 15.7. The van der Waals surface area contributed by atoms with Crippen molar-refractivity contribution in [3.8, 4) is 0 Å². The number of hydrogen-bond donors (Lipinski definition) is 11. The second-order valence-corrected chi connectivity index (χ2v) is 34.5. The summed E-state index contributed by atoms with van der Waals surface area (Å²) in [5.74, 6) is -1.05. The van der Waals surface area contributed by atoms with Gasteiger partial charge >= 0.3 is 17.1 Å². The Morgan fingerprint density at radius 3 is 1.00 bits per heavy atom. The largest absolute Gasteiger partial charge is 0.326 e. The highest BCUT2D eigenvalue weighted by atomic mass is 79.9. The fraction of sp³-hybridized carbons (Fsp3) is 0.125. The number of fused-ring (bicyclic) bond motifs is 7. The van der Waals surface area contributed by atoms with Gasteiger partial charge in [0.25, 0.3) is 0 Å². The first kappa shape index (κ1) is 87.3. The van der Waals surface area contributed by atoms with Crippen molar-refractivity contribution in [2.75, 3.05) is 26.6 Å². The highest BCUT2D eigenvalue weighted by Gasteiger charge is 2.33. The number of aliphatic imine (C=N–C) groups is 4. The zero-order valence-corrected chi connectivity index (χ0v) is 74.1. The molecular weight excluding hydrogens is 1850 g/mol. The molecule has 0 radical (unpaired) electrons. The minimum atomic E-state index is -0.848. The summed E-state index contributed by atoms with van der Waals surface area (Å²) in [6.45, 7) is 4.02. The van der Waals surface area contributed by atoms with E-state index in [9.17, 15) is 42.7 Å². The number of carbonyl (C=O) groups is 5. The van der Waals surface area contributed by atoms with E-state index in [1.807, 2.05) is 147 Å². The van der Waals surface area contributed by atoms with Gasteiger partial charge in [-0.25, -0.2) is 18.8 Å². The summed E-state index contributed by atoms with van der Waals surface area (Å²) < 4.78 is 16.1. The van der Waals surface area contributed by atoms with Gasteiger partial charge in [-0.05, 0) is 174 Å². The number of anilines is 5. The second kappa shape index (κ2) is 38.3. The van der Waals surface area contributed by atoms with E-state index in [4.69, 9.17) is 78.0 Å². The summed E-state index contributed by atoms with van der Waals surface area (Å²) in [4.78, 5) is 135. The van der Waals surface area contributed by atoms with E-state index in [1.165, 1.54) is 6.07 Å². The first-order valence-corrected chi connectivity index (χ1v) is 43.5. The number of nitrogens with one attached hydrogen (secondary N) is 11. The van der Waals surface area contributed by atoms with Gasteiger partial charge in [-0.15, -0.1) is 0 Å². The van der Waals surface area contributed by atoms with Crippen LogP contribution in [0.1, 0.15) is 87.0 Å². The molecule has 636 valence electrons. The fourth-order valence-electron chi connectivity index (χ4n) is 15.1. The van der Waals surface area contributed by atoms with Gasteiger partial charge < -0.3 is 56.5 Å². The number of halogens is 8. The molecule has 11 N–H and O–H groups in total. The molecule has 0 bridgehead atoms. The monoisotopic (exact) mass is 1920 g/mol. The topological polar surface area (TPSA) is 341 Å². The molecule has 3 aromatic heterocycles. The average Bonchev–Trinajstić information content (AvgIpc) is 1.70. The Morgan fingerprint density at radius 1 is 0.354 bits per heavy atom. The molecule has 15 aromatic rings. The summed E-state index contributed by atoms with van der Waals surface area (Å²) >= 11 is 38.5. The average molecular weight is 1920 g/mol. The van der Waals surface area contributed by atoms with Gasteiger partial charge in [0, 0.05) is 116 Å². The molecule has 0 aliphatic carbocycles. The van der Waals surface area contributed by atoms with Crippen molar-refractivity contribution in [3.05, 3.63) is 387 Å². The van der Waals surface area contributed by atoms with Gasteiger partial charge in [0.1, 0.15) is 30.0 Å². The van der Waals surface area contributed by atoms with Gasteiger partial charge in [-0.1, -0.05) is 207 Å². The maximum Gasteiger partial charge on any atom is 0.323 e. The molecule has 23 nitrogen and oxygen atoms in total. The third kappa shape index (κ3) is 20.5. The van der Waals surface area contributed by atoms with Crippen LogP contribution in [0.2, 0.25) is 25.1 Å². The molecule has 19 rings (SSSR count). The van der Waals surface area contributed by atoms with Crippen molar-refractivity contribution in [2.45, 2.75) is 70.1 Å². The fourth-order valence-corrected chi connectivity index (χ4v) is 16.9. The predicted octanol–water partition coefficient (Wildman–Crippen LogP) is 19.8. The number of H-pyrrole nitrogens is 6. The van der Waals surface area contributed by atoms with Crippen molar-refractivity contribution < 1.29 is 28.4 Å². The summed E-state index contributed by atoms with van der Waals surface area (Å²) in [6, 6.07) is 71.5. The molecule has 0 saturated carbocycles. The summed E-state index contributed by atoms with van der Waals surface area (Å²) in [5.41, 5.74) is 17.9. The quantitative estimate of drug-likeness (QED) is 0.0467. The maximum atomic E-state index is 14.3. The molecule has 4 atom stereocenters. The number of imidazole rings is 3. The molecule has 7 heterocycles. The van der Waals surface area contributed by atoms with Crippen molar-refractivity contribution in [1.29, 1.82) is 0 Å². The van der Waals surface area contributed by atoms with Crippen molar-refractivity contribution in [3.63, 3.8) is 0 Å². The Balaban J connectivity index is 0.000000125. The third-order valence-corrected chi connectivity index (χ3v) is 24.1. The van der Waals surface area contributed by atoms with Crippen LogP contribution in [0.25, 0.3) is 33.1 Å². The number of aromatic nitrogens is 6. The number of carbonyl (C=O) groups excluding carboxylic acids is 5. The molecule has 4 unspecified atom stereocenters. The molecular formula is C96H73Br2Cl5FN15O8. The third-order valence-electron chi connectivity index (χ3n) is 21.2. The molecule has 127 heavy (non-hydrogen) atoms. The van der Waals surface area contributed by atoms with Gasteiger partial charge in [-0.3, -0.25) is 43.9 Å². The van der Waals surface area contributed by atoms with Crippen molar-refractivity contribution in [2.24, 2.45) is 25.9 Å². The predicted molar refractivity (Wildman–Crippen MR) is 510 cm³/mol. The lowest BCUT2D eigenvalue weighted by Gasteiger charge is -2.13. The number of hydrogen-bond acceptors (Lipinski definition) is 12. The minimum absolute atomic E-state index is 0.0185. The Morgan fingerprint density at radius 2 is 0.654 bits per heavy atom. The van der Waals surface area contributed by atoms with E-state index in [0.717, 1.165) is 53.5 Å². The van der Waals surface area contributed by atoms with Gasteiger partial charge in [0.2, 0.25) is 29.5 Å². The lowest BCUT2D eigenvalue weighted by Crippen LogP contribution is -2.28. The van der Waals surface area contributed by atoms with E-state index in [0.29, 0.717) is 157 Å². The standard InChI is InChI=1S/C27H25BrClN3O2.C23H16BrClN4O2.C23H16Cl2N4O2.C23H16ClFN4O2/c1-16(2)13-25(33)30-20-10-7-17(8-11-20)26-21-15-19(29)9-12-23(21)32-27(34)24(31-26)14-18-5-3-4-6-22(18)28;24-16-4-2-1-3-12(16)9-20-22(30)27-17-8-6-14(25)11-15(17)21(26-20)13-5-7-18-19(10-13)29-23(31)28-18;2*24-14-6-8-17-15(11-14)21(13-5-7-18-19(10-13)29-23(31)28-18)26-20(22(30)27-17)9-12-3-1-2-4-16(12)25/h3-12,15-16,24H,13-14H2,1-2H3,(H,30,33)(H,32,34);3*1-8,10-11,20H,9H2,(H,27,30)(H2,28,29,31). The van der Waals surface area contributed by atoms with Crippen LogP contribution in [0, 0.1) is 11.7 Å². The molecule has 4 aliphatic rings. The lowest BCUT2D eigenvalue weighted by atomic mass is 10.00. The van der Waals surface area contributed by atoms with E-state index < -0.39 is 24.2 Å². The van der Waals surface area contributed by atoms with Gasteiger partial charge in [-0.2, -0.15) is 0 Å². The second-order valence-electron chi connectivity index (χ2n) is 30.6. The van der Waals surface area contributed by atoms with Crippen LogP contribution >= 0.6 is 89.9 Å². The number of amides is 5. The number of benzene rings is 12. The van der Waals surface area contributed by atoms with E-state index >= 15 is 0 Å². The molecule has 0 fully saturated rings. The number of benzodiazepines with no additional fused rings is 4. The van der Waals surface area contributed by atoms with Gasteiger partial charge in [0.15, 0.2) is 0 Å².